The number of amides is 1. The van der Waals surface area contributed by atoms with Crippen LogP contribution in [0.2, 0.25) is 0 Å². The molecule has 1 atom stereocenters. The van der Waals surface area contributed by atoms with E-state index in [1.54, 1.807) is 6.20 Å². The predicted octanol–water partition coefficient (Wildman–Crippen LogP) is 0.333. The molecule has 2 N–H and O–H groups in total. The van der Waals surface area contributed by atoms with Crippen molar-refractivity contribution < 1.29 is 4.79 Å². The zero-order valence-electron chi connectivity index (χ0n) is 8.46. The molecule has 2 heterocycles. The Bertz CT molecular complexity index is 357. The van der Waals surface area contributed by atoms with Gasteiger partial charge in [0.05, 0.1) is 22.4 Å². The Balaban J connectivity index is 2.19. The third kappa shape index (κ3) is 2.21. The van der Waals surface area contributed by atoms with Crippen molar-refractivity contribution in [3.05, 3.63) is 16.4 Å². The van der Waals surface area contributed by atoms with Crippen LogP contribution in [0.25, 0.3) is 0 Å². The summed E-state index contributed by atoms with van der Waals surface area (Å²) in [6.07, 6.45) is 2.30. The van der Waals surface area contributed by atoms with E-state index in [0.29, 0.717) is 19.5 Å². The largest absolute Gasteiger partial charge is 0.354 e. The Labute approximate surface area is 96.4 Å². The minimum absolute atomic E-state index is 0.100. The highest BCUT2D eigenvalue weighted by atomic mass is 79.9. The van der Waals surface area contributed by atoms with E-state index in [1.807, 2.05) is 11.7 Å². The van der Waals surface area contributed by atoms with Gasteiger partial charge in [0.15, 0.2) is 0 Å². The van der Waals surface area contributed by atoms with Crippen LogP contribution in [-0.4, -0.2) is 28.8 Å². The lowest BCUT2D eigenvalue weighted by atomic mass is 10.2. The average Bonchev–Trinajstić information content (AvgIpc) is 2.41. The van der Waals surface area contributed by atoms with E-state index in [1.165, 1.54) is 0 Å². The van der Waals surface area contributed by atoms with Crippen LogP contribution in [0, 0.1) is 0 Å². The van der Waals surface area contributed by atoms with E-state index < -0.39 is 0 Å². The zero-order chi connectivity index (χ0) is 10.8. The normalized spacial score (nSPS) is 22.3. The number of nitrogens with one attached hydrogen (secondary N) is 2. The van der Waals surface area contributed by atoms with E-state index in [9.17, 15) is 4.79 Å². The van der Waals surface area contributed by atoms with Gasteiger partial charge in [0, 0.05) is 26.6 Å². The lowest BCUT2D eigenvalue weighted by Gasteiger charge is -2.16. The third-order valence-electron chi connectivity index (χ3n) is 2.51. The monoisotopic (exact) mass is 272 g/mol. The molecule has 1 unspecified atom stereocenters. The molecule has 1 aromatic heterocycles. The van der Waals surface area contributed by atoms with Gasteiger partial charge in [-0.25, -0.2) is 0 Å². The number of rotatable bonds is 1. The van der Waals surface area contributed by atoms with E-state index in [-0.39, 0.29) is 11.9 Å². The fraction of sp³-hybridized carbons (Fsp3) is 0.556. The maximum Gasteiger partial charge on any atom is 0.221 e. The Kier molecular flexibility index (Phi) is 3.06. The van der Waals surface area contributed by atoms with Crippen LogP contribution in [0.5, 0.6) is 0 Å². The maximum atomic E-state index is 11.2. The van der Waals surface area contributed by atoms with Crippen LogP contribution in [0.15, 0.2) is 10.7 Å². The highest BCUT2D eigenvalue weighted by molar-refractivity contribution is 9.10. The summed E-state index contributed by atoms with van der Waals surface area (Å²) in [7, 11) is 1.90. The fourth-order valence-electron chi connectivity index (χ4n) is 1.74. The first kappa shape index (κ1) is 10.6. The smallest absolute Gasteiger partial charge is 0.221 e. The minimum atomic E-state index is 0.100. The highest BCUT2D eigenvalue weighted by Crippen LogP contribution is 2.22. The van der Waals surface area contributed by atoms with Gasteiger partial charge in [-0.2, -0.15) is 5.10 Å². The SMILES string of the molecule is Cn1ncc(Br)c1C1CNC(=O)CCN1. The molecule has 0 bridgehead atoms. The number of hydrogen-bond donors (Lipinski definition) is 2. The molecule has 6 heteroatoms. The first-order valence-corrected chi connectivity index (χ1v) is 5.65. The van der Waals surface area contributed by atoms with Crippen LogP contribution < -0.4 is 10.6 Å². The third-order valence-corrected chi connectivity index (χ3v) is 3.12. The zero-order valence-corrected chi connectivity index (χ0v) is 10.0. The molecule has 82 valence electrons. The summed E-state index contributed by atoms with van der Waals surface area (Å²) < 4.78 is 2.79. The summed E-state index contributed by atoms with van der Waals surface area (Å²) in [6, 6.07) is 0.123. The van der Waals surface area contributed by atoms with Gasteiger partial charge in [0.25, 0.3) is 0 Å². The Morgan fingerprint density at radius 3 is 3.13 bits per heavy atom. The van der Waals surface area contributed by atoms with Crippen LogP contribution in [-0.2, 0) is 11.8 Å². The first-order chi connectivity index (χ1) is 7.18. The molecule has 2 rings (SSSR count). The van der Waals surface area contributed by atoms with E-state index >= 15 is 0 Å². The average molecular weight is 273 g/mol. The molecule has 5 nitrogen and oxygen atoms in total. The standard InChI is InChI=1S/C9H13BrN4O/c1-14-9(6(10)4-13-14)7-5-12-8(15)2-3-11-7/h4,7,11H,2-3,5H2,1H3,(H,12,15). The van der Waals surface area contributed by atoms with Gasteiger partial charge in [0.2, 0.25) is 5.91 Å². The van der Waals surface area contributed by atoms with Crippen molar-refractivity contribution in [3.63, 3.8) is 0 Å². The maximum absolute atomic E-state index is 11.2. The number of nitrogens with zero attached hydrogens (tertiary/aromatic N) is 2. The van der Waals surface area contributed by atoms with Gasteiger partial charge in [-0.15, -0.1) is 0 Å². The molecule has 1 aliphatic rings. The minimum Gasteiger partial charge on any atom is -0.354 e. The fourth-order valence-corrected chi connectivity index (χ4v) is 2.37. The highest BCUT2D eigenvalue weighted by Gasteiger charge is 2.21. The summed E-state index contributed by atoms with van der Waals surface area (Å²) in [5.74, 6) is 0.100. The Morgan fingerprint density at radius 1 is 1.67 bits per heavy atom. The van der Waals surface area contributed by atoms with Gasteiger partial charge in [-0.05, 0) is 15.9 Å². The Hall–Kier alpha value is -0.880. The van der Waals surface area contributed by atoms with E-state index in [4.69, 9.17) is 0 Å². The summed E-state index contributed by atoms with van der Waals surface area (Å²) in [4.78, 5) is 11.2. The predicted molar refractivity (Wildman–Crippen MR) is 59.3 cm³/mol. The number of aryl methyl sites for hydroxylation is 1. The lowest BCUT2D eigenvalue weighted by molar-refractivity contribution is -0.120. The molecule has 1 fully saturated rings. The summed E-state index contributed by atoms with van der Waals surface area (Å²) >= 11 is 3.46. The molecule has 0 spiro atoms. The van der Waals surface area contributed by atoms with Gasteiger partial charge in [0.1, 0.15) is 0 Å². The second-order valence-electron chi connectivity index (χ2n) is 3.56. The van der Waals surface area contributed by atoms with Crippen molar-refractivity contribution in [2.45, 2.75) is 12.5 Å². The number of carbonyl (C=O) groups excluding carboxylic acids is 1. The van der Waals surface area contributed by atoms with Gasteiger partial charge in [-0.1, -0.05) is 0 Å². The second-order valence-corrected chi connectivity index (χ2v) is 4.42. The van der Waals surface area contributed by atoms with Crippen LogP contribution in [0.1, 0.15) is 18.2 Å². The number of aromatic nitrogens is 2. The molecule has 0 aliphatic carbocycles. The summed E-state index contributed by atoms with van der Waals surface area (Å²) in [6.45, 7) is 1.31. The van der Waals surface area contributed by atoms with Gasteiger partial charge in [-0.3, -0.25) is 9.48 Å². The van der Waals surface area contributed by atoms with Crippen LogP contribution in [0.3, 0.4) is 0 Å². The molecular formula is C9H13BrN4O. The second kappa shape index (κ2) is 4.32. The molecule has 1 aromatic rings. The quantitative estimate of drug-likeness (QED) is 0.775. The number of carbonyl (C=O) groups is 1. The molecule has 1 saturated heterocycles. The molecule has 0 saturated carbocycles. The van der Waals surface area contributed by atoms with Crippen molar-refractivity contribution in [2.75, 3.05) is 13.1 Å². The topological polar surface area (TPSA) is 59.0 Å². The van der Waals surface area contributed by atoms with Crippen molar-refractivity contribution in [1.29, 1.82) is 0 Å². The molecule has 0 radical (unpaired) electrons. The van der Waals surface area contributed by atoms with Crippen molar-refractivity contribution >= 4 is 21.8 Å². The summed E-state index contributed by atoms with van der Waals surface area (Å²) in [5.41, 5.74) is 1.07. The van der Waals surface area contributed by atoms with Crippen LogP contribution in [0.4, 0.5) is 0 Å². The molecular weight excluding hydrogens is 260 g/mol. The van der Waals surface area contributed by atoms with Crippen molar-refractivity contribution in [1.82, 2.24) is 20.4 Å². The van der Waals surface area contributed by atoms with Crippen molar-refractivity contribution in [3.8, 4) is 0 Å². The van der Waals surface area contributed by atoms with Crippen molar-refractivity contribution in [2.24, 2.45) is 7.05 Å². The molecule has 1 aliphatic heterocycles. The first-order valence-electron chi connectivity index (χ1n) is 4.86. The molecule has 1 amide bonds. The van der Waals surface area contributed by atoms with E-state index in [2.05, 4.69) is 31.7 Å². The van der Waals surface area contributed by atoms with Gasteiger partial charge < -0.3 is 10.6 Å². The summed E-state index contributed by atoms with van der Waals surface area (Å²) in [5, 5.41) is 10.4. The molecule has 0 aromatic carbocycles. The Morgan fingerprint density at radius 2 is 2.47 bits per heavy atom. The van der Waals surface area contributed by atoms with Crippen LogP contribution >= 0.6 is 15.9 Å². The van der Waals surface area contributed by atoms with Gasteiger partial charge >= 0.3 is 0 Å². The lowest BCUT2D eigenvalue weighted by Crippen LogP contribution is -2.30. The van der Waals surface area contributed by atoms with E-state index in [0.717, 1.165) is 10.2 Å². The number of hydrogen-bond acceptors (Lipinski definition) is 3. The molecule has 15 heavy (non-hydrogen) atoms. The number of halogens is 1.